The maximum Gasteiger partial charge on any atom is 0.407 e. The largest absolute Gasteiger partial charge is 0.490 e. The van der Waals surface area contributed by atoms with Crippen molar-refractivity contribution >= 4 is 36.0 Å². The molecule has 0 saturated carbocycles. The number of alkyl carbamates (subject to hydrolysis) is 1. The van der Waals surface area contributed by atoms with Crippen LogP contribution in [0.15, 0.2) is 23.2 Å². The number of para-hydroxylation sites is 1. The van der Waals surface area contributed by atoms with E-state index < -0.39 is 18.3 Å². The van der Waals surface area contributed by atoms with Crippen LogP contribution in [-0.4, -0.2) is 51.0 Å². The van der Waals surface area contributed by atoms with Crippen molar-refractivity contribution in [2.45, 2.75) is 52.9 Å². The summed E-state index contributed by atoms with van der Waals surface area (Å²) in [5.74, 6) is 0.740. The van der Waals surface area contributed by atoms with Gasteiger partial charge in [-0.05, 0) is 40.2 Å². The van der Waals surface area contributed by atoms with Crippen molar-refractivity contribution in [1.29, 1.82) is 0 Å². The third-order valence-corrected chi connectivity index (χ3v) is 3.55. The number of nitrogens with zero attached hydrogens (tertiary/aromatic N) is 1. The number of amides is 1. The molecule has 0 saturated heterocycles. The first-order valence-electron chi connectivity index (χ1n) is 9.77. The van der Waals surface area contributed by atoms with Gasteiger partial charge in [-0.15, -0.1) is 24.0 Å². The molecule has 31 heavy (non-hydrogen) atoms. The van der Waals surface area contributed by atoms with Crippen molar-refractivity contribution in [3.8, 4) is 11.5 Å². The number of hydrogen-bond acceptors (Lipinski definition) is 5. The van der Waals surface area contributed by atoms with Gasteiger partial charge in [0.05, 0.1) is 6.61 Å². The number of guanidine groups is 1. The zero-order valence-corrected chi connectivity index (χ0v) is 20.9. The Morgan fingerprint density at radius 2 is 1.84 bits per heavy atom. The van der Waals surface area contributed by atoms with E-state index >= 15 is 0 Å². The molecule has 0 bridgehead atoms. The first-order chi connectivity index (χ1) is 14.2. The molecule has 11 heteroatoms. The van der Waals surface area contributed by atoms with E-state index in [1.54, 1.807) is 52.9 Å². The van der Waals surface area contributed by atoms with Gasteiger partial charge < -0.3 is 30.2 Å². The van der Waals surface area contributed by atoms with Gasteiger partial charge in [-0.3, -0.25) is 4.99 Å². The fourth-order valence-corrected chi connectivity index (χ4v) is 2.39. The van der Waals surface area contributed by atoms with Gasteiger partial charge in [-0.2, -0.15) is 8.78 Å². The summed E-state index contributed by atoms with van der Waals surface area (Å²) in [7, 11) is 1.60. The van der Waals surface area contributed by atoms with Gasteiger partial charge in [0.15, 0.2) is 17.5 Å². The molecule has 0 aliphatic carbocycles. The Hall–Kier alpha value is -2.05. The van der Waals surface area contributed by atoms with Crippen molar-refractivity contribution < 1.29 is 27.8 Å². The van der Waals surface area contributed by atoms with Gasteiger partial charge in [0.1, 0.15) is 5.60 Å². The first-order valence-corrected chi connectivity index (χ1v) is 9.77. The normalized spacial score (nSPS) is 11.4. The maximum absolute atomic E-state index is 12.8. The molecule has 8 nitrogen and oxygen atoms in total. The minimum absolute atomic E-state index is 0. The highest BCUT2D eigenvalue weighted by atomic mass is 127. The summed E-state index contributed by atoms with van der Waals surface area (Å²) in [4.78, 5) is 15.7. The van der Waals surface area contributed by atoms with Crippen molar-refractivity contribution in [2.24, 2.45) is 4.99 Å². The number of carbonyl (C=O) groups excluding carboxylic acids is 1. The Morgan fingerprint density at radius 3 is 2.42 bits per heavy atom. The first kappa shape index (κ1) is 28.9. The number of carbonyl (C=O) groups is 1. The number of ether oxygens (including phenoxy) is 3. The Bertz CT molecular complexity index is 700. The predicted molar refractivity (Wildman–Crippen MR) is 127 cm³/mol. The van der Waals surface area contributed by atoms with Crippen LogP contribution in [0.5, 0.6) is 11.5 Å². The zero-order valence-electron chi connectivity index (χ0n) is 18.6. The van der Waals surface area contributed by atoms with Crippen LogP contribution in [0.1, 0.15) is 39.7 Å². The van der Waals surface area contributed by atoms with E-state index in [1.807, 2.05) is 0 Å². The predicted octanol–water partition coefficient (Wildman–Crippen LogP) is 3.88. The summed E-state index contributed by atoms with van der Waals surface area (Å²) in [6, 6.07) is 4.96. The highest BCUT2D eigenvalue weighted by Crippen LogP contribution is 2.32. The molecule has 0 heterocycles. The molecule has 0 atom stereocenters. The molecule has 1 rings (SSSR count). The molecular weight excluding hydrogens is 525 g/mol. The summed E-state index contributed by atoms with van der Waals surface area (Å²) in [5.41, 5.74) is -0.0310. The number of nitrogens with one attached hydrogen (secondary N) is 3. The van der Waals surface area contributed by atoms with Crippen LogP contribution in [0.4, 0.5) is 13.6 Å². The number of aliphatic imine (C=N–C) groups is 1. The minimum Gasteiger partial charge on any atom is -0.490 e. The fourth-order valence-electron chi connectivity index (χ4n) is 2.39. The van der Waals surface area contributed by atoms with E-state index in [4.69, 9.17) is 9.47 Å². The van der Waals surface area contributed by atoms with Gasteiger partial charge in [-0.1, -0.05) is 12.1 Å². The summed E-state index contributed by atoms with van der Waals surface area (Å²) >= 11 is 0. The molecule has 0 fully saturated rings. The van der Waals surface area contributed by atoms with Gasteiger partial charge >= 0.3 is 12.7 Å². The second-order valence-corrected chi connectivity index (χ2v) is 7.19. The van der Waals surface area contributed by atoms with Crippen LogP contribution in [0, 0.1) is 0 Å². The fraction of sp³-hybridized carbons (Fsp3) is 0.600. The van der Waals surface area contributed by atoms with Gasteiger partial charge in [-0.25, -0.2) is 4.79 Å². The Labute approximate surface area is 199 Å². The van der Waals surface area contributed by atoms with Crippen molar-refractivity contribution in [1.82, 2.24) is 16.0 Å². The molecule has 0 aromatic heterocycles. The third kappa shape index (κ3) is 12.4. The van der Waals surface area contributed by atoms with Crippen LogP contribution in [0.2, 0.25) is 0 Å². The van der Waals surface area contributed by atoms with Gasteiger partial charge in [0, 0.05) is 32.2 Å². The number of halogens is 3. The number of hydrogen-bond donors (Lipinski definition) is 3. The van der Waals surface area contributed by atoms with Gasteiger partial charge in [0.2, 0.25) is 0 Å². The Kier molecular flexibility index (Phi) is 13.9. The van der Waals surface area contributed by atoms with Gasteiger partial charge in [0.25, 0.3) is 0 Å². The lowest BCUT2D eigenvalue weighted by atomic mass is 10.2. The average Bonchev–Trinajstić information content (AvgIpc) is 2.64. The highest BCUT2D eigenvalue weighted by molar-refractivity contribution is 14.0. The molecular formula is C20H33F2IN4O4. The summed E-state index contributed by atoms with van der Waals surface area (Å²) in [6.45, 7) is 5.70. The average molecular weight is 558 g/mol. The Morgan fingerprint density at radius 1 is 1.16 bits per heavy atom. The van der Waals surface area contributed by atoms with E-state index in [9.17, 15) is 13.6 Å². The number of rotatable bonds is 10. The SMILES string of the molecule is CCOc1cccc(CNC(=NC)NCCCNC(=O)OC(C)(C)C)c1OC(F)F.I. The van der Waals surface area contributed by atoms with Crippen molar-refractivity contribution in [3.63, 3.8) is 0 Å². The highest BCUT2D eigenvalue weighted by Gasteiger charge is 2.16. The molecule has 0 spiro atoms. The smallest absolute Gasteiger partial charge is 0.407 e. The monoisotopic (exact) mass is 558 g/mol. The van der Waals surface area contributed by atoms with E-state index in [-0.39, 0.29) is 42.0 Å². The second-order valence-electron chi connectivity index (χ2n) is 7.19. The molecule has 1 amide bonds. The van der Waals surface area contributed by atoms with E-state index in [2.05, 4.69) is 25.7 Å². The molecule has 0 radical (unpaired) electrons. The quantitative estimate of drug-likeness (QED) is 0.175. The lowest BCUT2D eigenvalue weighted by molar-refractivity contribution is -0.0520. The van der Waals surface area contributed by atoms with E-state index in [0.29, 0.717) is 37.6 Å². The van der Waals surface area contributed by atoms with Crippen LogP contribution in [-0.2, 0) is 11.3 Å². The van der Waals surface area contributed by atoms with Crippen LogP contribution in [0.25, 0.3) is 0 Å². The lowest BCUT2D eigenvalue weighted by Gasteiger charge is -2.19. The molecule has 0 aliphatic heterocycles. The number of benzene rings is 1. The summed E-state index contributed by atoms with van der Waals surface area (Å²) < 4.78 is 40.8. The lowest BCUT2D eigenvalue weighted by Crippen LogP contribution is -2.39. The molecule has 0 aliphatic rings. The Balaban J connectivity index is 0.00000900. The molecule has 1 aromatic rings. The van der Waals surface area contributed by atoms with Crippen molar-refractivity contribution in [3.05, 3.63) is 23.8 Å². The molecule has 3 N–H and O–H groups in total. The standard InChI is InChI=1S/C20H32F2N4O4.HI/c1-6-28-15-10-7-9-14(16(15)29-17(21)22)13-26-18(23-5)24-11-8-12-25-19(27)30-20(2,3)4;/h7,9-10,17H,6,8,11-13H2,1-5H3,(H,25,27)(H2,23,24,26);1H. The van der Waals surface area contributed by atoms with Crippen LogP contribution in [0.3, 0.4) is 0 Å². The maximum atomic E-state index is 12.8. The second kappa shape index (κ2) is 14.9. The molecule has 0 unspecified atom stereocenters. The van der Waals surface area contributed by atoms with E-state index in [0.717, 1.165) is 0 Å². The summed E-state index contributed by atoms with van der Waals surface area (Å²) in [5, 5.41) is 8.80. The van der Waals surface area contributed by atoms with Crippen LogP contribution >= 0.6 is 24.0 Å². The topological polar surface area (TPSA) is 93.2 Å². The zero-order chi connectivity index (χ0) is 22.6. The molecule has 1 aromatic carbocycles. The number of alkyl halides is 2. The summed E-state index contributed by atoms with van der Waals surface area (Å²) in [6.07, 6.45) is 0.172. The van der Waals surface area contributed by atoms with Crippen molar-refractivity contribution in [2.75, 3.05) is 26.7 Å². The minimum atomic E-state index is -2.96. The molecule has 178 valence electrons. The third-order valence-electron chi connectivity index (χ3n) is 3.55. The van der Waals surface area contributed by atoms with Crippen LogP contribution < -0.4 is 25.4 Å². The van der Waals surface area contributed by atoms with E-state index in [1.165, 1.54) is 0 Å².